The fourth-order valence-electron chi connectivity index (χ4n) is 7.31. The molecule has 3 heterocycles. The molecule has 8 atom stereocenters. The van der Waals surface area contributed by atoms with Gasteiger partial charge in [-0.25, -0.2) is 9.78 Å². The Balaban J connectivity index is 1.08. The van der Waals surface area contributed by atoms with E-state index in [1.165, 1.54) is 17.5 Å². The molecule has 2 aromatic carbocycles. The van der Waals surface area contributed by atoms with Crippen molar-refractivity contribution < 1.29 is 24.0 Å². The zero-order valence-electron chi connectivity index (χ0n) is 21.2. The normalized spacial score (nSPS) is 40.1. The first-order chi connectivity index (χ1) is 17.0. The second-order valence-corrected chi connectivity index (χ2v) is 11.4. The molecule has 2 bridgehead atoms. The Morgan fingerprint density at radius 2 is 1.63 bits per heavy atom. The Labute approximate surface area is 209 Å². The summed E-state index contributed by atoms with van der Waals surface area (Å²) in [5, 5.41) is 0. The van der Waals surface area contributed by atoms with Gasteiger partial charge >= 0.3 is 0 Å². The lowest BCUT2D eigenvalue weighted by molar-refractivity contribution is -0.495. The van der Waals surface area contributed by atoms with Crippen molar-refractivity contribution in [1.82, 2.24) is 0 Å². The van der Waals surface area contributed by atoms with Gasteiger partial charge < -0.3 is 14.2 Å². The molecule has 5 nitrogen and oxygen atoms in total. The van der Waals surface area contributed by atoms with E-state index in [4.69, 9.17) is 24.0 Å². The molecule has 188 valence electrons. The van der Waals surface area contributed by atoms with E-state index >= 15 is 0 Å². The van der Waals surface area contributed by atoms with Crippen LogP contribution in [0.4, 0.5) is 0 Å². The van der Waals surface area contributed by atoms with Crippen LogP contribution in [0.25, 0.3) is 11.1 Å². The Kier molecular flexibility index (Phi) is 6.16. The summed E-state index contributed by atoms with van der Waals surface area (Å²) in [5.41, 5.74) is 1.80. The largest absolute Gasteiger partial charge is 0.491 e. The van der Waals surface area contributed by atoms with Gasteiger partial charge in [-0.3, -0.25) is 0 Å². The minimum absolute atomic E-state index is 0.0224. The predicted octanol–water partition coefficient (Wildman–Crippen LogP) is 6.42. The van der Waals surface area contributed by atoms with Crippen molar-refractivity contribution in [2.45, 2.75) is 76.5 Å². The maximum Gasteiger partial charge on any atom is 0.161 e. The quantitative estimate of drug-likeness (QED) is 0.354. The third-order valence-corrected chi connectivity index (χ3v) is 9.23. The second kappa shape index (κ2) is 9.19. The van der Waals surface area contributed by atoms with E-state index in [1.54, 1.807) is 0 Å². The third kappa shape index (κ3) is 4.11. The first kappa shape index (κ1) is 23.5. The molecule has 5 heteroatoms. The van der Waals surface area contributed by atoms with E-state index in [0.29, 0.717) is 31.0 Å². The summed E-state index contributed by atoms with van der Waals surface area (Å²) >= 11 is 0. The second-order valence-electron chi connectivity index (χ2n) is 11.4. The van der Waals surface area contributed by atoms with Gasteiger partial charge in [-0.05, 0) is 67.7 Å². The first-order valence-corrected chi connectivity index (χ1v) is 13.4. The molecule has 0 amide bonds. The van der Waals surface area contributed by atoms with Crippen LogP contribution < -0.4 is 4.74 Å². The Morgan fingerprint density at radius 3 is 2.43 bits per heavy atom. The van der Waals surface area contributed by atoms with Crippen LogP contribution in [0.15, 0.2) is 54.6 Å². The smallest absolute Gasteiger partial charge is 0.161 e. The maximum atomic E-state index is 6.69. The highest BCUT2D eigenvalue weighted by atomic mass is 17.2. The number of rotatable bonds is 6. The van der Waals surface area contributed by atoms with Crippen LogP contribution >= 0.6 is 0 Å². The van der Waals surface area contributed by atoms with Gasteiger partial charge in [-0.2, -0.15) is 0 Å². The Bertz CT molecular complexity index is 1010. The van der Waals surface area contributed by atoms with E-state index in [-0.39, 0.29) is 29.5 Å². The molecular weight excluding hydrogens is 440 g/mol. The standard InChI is InChI=1S/C30H38O5/c1-20-9-14-26-21(2)28(33-27-19-29(3)16-15-25(20)30(26,27)35-34-29)32-18-17-31-24-12-10-23(11-13-24)22-7-5-4-6-8-22/h4-8,10-13,20-21,25-28H,9,14-19H2,1-3H3/t20-,21-,25+,26+,27-,28-,29+,30-/m1/s1. The van der Waals surface area contributed by atoms with Crippen LogP contribution in [0.2, 0.25) is 0 Å². The molecule has 7 rings (SSSR count). The van der Waals surface area contributed by atoms with E-state index in [9.17, 15) is 0 Å². The molecule has 2 saturated carbocycles. The molecular formula is C30H38O5. The average Bonchev–Trinajstić information content (AvgIpc) is 3.11. The highest BCUT2D eigenvalue weighted by Crippen LogP contribution is 2.61. The van der Waals surface area contributed by atoms with Crippen molar-refractivity contribution in [3.63, 3.8) is 0 Å². The molecule has 0 N–H and O–H groups in total. The van der Waals surface area contributed by atoms with Crippen molar-refractivity contribution in [2.75, 3.05) is 13.2 Å². The lowest BCUT2D eigenvalue weighted by Crippen LogP contribution is -2.69. The highest BCUT2D eigenvalue weighted by Gasteiger charge is 2.68. The summed E-state index contributed by atoms with van der Waals surface area (Å²) in [6.07, 6.45) is 5.24. The average molecular weight is 479 g/mol. The van der Waals surface area contributed by atoms with Gasteiger partial charge in [0, 0.05) is 18.3 Å². The number of fused-ring (bicyclic) bond motifs is 2. The molecule has 2 aromatic rings. The van der Waals surface area contributed by atoms with Crippen molar-refractivity contribution in [2.24, 2.45) is 23.7 Å². The molecule has 35 heavy (non-hydrogen) atoms. The fourth-order valence-corrected chi connectivity index (χ4v) is 7.31. The number of hydrogen-bond acceptors (Lipinski definition) is 5. The van der Waals surface area contributed by atoms with Gasteiger partial charge in [-0.15, -0.1) is 0 Å². The molecule has 0 unspecified atom stereocenters. The summed E-state index contributed by atoms with van der Waals surface area (Å²) in [6, 6.07) is 18.6. The van der Waals surface area contributed by atoms with Crippen molar-refractivity contribution in [3.05, 3.63) is 54.6 Å². The van der Waals surface area contributed by atoms with Gasteiger partial charge in [0.2, 0.25) is 0 Å². The molecule has 3 aliphatic heterocycles. The molecule has 0 radical (unpaired) electrons. The first-order valence-electron chi connectivity index (χ1n) is 13.4. The van der Waals surface area contributed by atoms with Gasteiger partial charge in [0.05, 0.1) is 12.7 Å². The monoisotopic (exact) mass is 478 g/mol. The summed E-state index contributed by atoms with van der Waals surface area (Å²) in [6.45, 7) is 7.81. The maximum absolute atomic E-state index is 6.69. The molecule has 2 aliphatic carbocycles. The van der Waals surface area contributed by atoms with Gasteiger partial charge in [0.15, 0.2) is 6.29 Å². The Morgan fingerprint density at radius 1 is 0.857 bits per heavy atom. The fraction of sp³-hybridized carbons (Fsp3) is 0.600. The van der Waals surface area contributed by atoms with Crippen molar-refractivity contribution in [1.29, 1.82) is 0 Å². The van der Waals surface area contributed by atoms with Crippen molar-refractivity contribution in [3.8, 4) is 16.9 Å². The van der Waals surface area contributed by atoms with Gasteiger partial charge in [0.25, 0.3) is 0 Å². The molecule has 0 aromatic heterocycles. The van der Waals surface area contributed by atoms with E-state index < -0.39 is 0 Å². The van der Waals surface area contributed by atoms with Gasteiger partial charge in [0.1, 0.15) is 23.6 Å². The van der Waals surface area contributed by atoms with Crippen LogP contribution in [-0.2, 0) is 19.2 Å². The van der Waals surface area contributed by atoms with Crippen LogP contribution in [-0.4, -0.2) is 36.8 Å². The van der Waals surface area contributed by atoms with Crippen LogP contribution in [0.3, 0.4) is 0 Å². The highest BCUT2D eigenvalue weighted by molar-refractivity contribution is 5.63. The van der Waals surface area contributed by atoms with E-state index in [1.807, 2.05) is 18.2 Å². The van der Waals surface area contributed by atoms with Crippen LogP contribution in [0.5, 0.6) is 5.75 Å². The third-order valence-electron chi connectivity index (χ3n) is 9.23. The number of hydrogen-bond donors (Lipinski definition) is 0. The summed E-state index contributed by atoms with van der Waals surface area (Å²) in [7, 11) is 0. The lowest BCUT2D eigenvalue weighted by Gasteiger charge is -2.61. The minimum Gasteiger partial charge on any atom is -0.491 e. The van der Waals surface area contributed by atoms with E-state index in [0.717, 1.165) is 31.4 Å². The zero-order valence-corrected chi connectivity index (χ0v) is 21.2. The summed E-state index contributed by atoms with van der Waals surface area (Å²) in [4.78, 5) is 12.4. The molecule has 1 spiro atoms. The molecule has 5 aliphatic rings. The lowest BCUT2D eigenvalue weighted by atomic mass is 9.56. The summed E-state index contributed by atoms with van der Waals surface area (Å²) in [5.74, 6) is 2.61. The number of ether oxygens (including phenoxy) is 3. The van der Waals surface area contributed by atoms with Gasteiger partial charge in [-0.1, -0.05) is 56.3 Å². The Hall–Kier alpha value is -1.92. The van der Waals surface area contributed by atoms with Crippen LogP contribution in [0.1, 0.15) is 52.9 Å². The zero-order chi connectivity index (χ0) is 24.0. The molecule has 3 saturated heterocycles. The SMILES string of the molecule is C[C@H]1[C@H](OCCOc2ccc(-c3ccccc3)cc2)O[C@@H]2C[C@]3(C)CC[C@H]4[C@H](C)CC[C@@H]1[C@@]24OO3. The number of benzene rings is 2. The summed E-state index contributed by atoms with van der Waals surface area (Å²) < 4.78 is 19.0. The van der Waals surface area contributed by atoms with E-state index in [2.05, 4.69) is 57.2 Å². The predicted molar refractivity (Wildman–Crippen MR) is 134 cm³/mol. The molecule has 5 fully saturated rings. The van der Waals surface area contributed by atoms with Crippen LogP contribution in [0, 0.1) is 23.7 Å². The van der Waals surface area contributed by atoms with Crippen molar-refractivity contribution >= 4 is 0 Å². The topological polar surface area (TPSA) is 46.2 Å². The minimum atomic E-state index is -0.329.